The highest BCUT2D eigenvalue weighted by molar-refractivity contribution is 6.59. The van der Waals surface area contributed by atoms with Crippen LogP contribution in [0.2, 0.25) is 0 Å². The Hall–Kier alpha value is -1.24. The van der Waals surface area contributed by atoms with Gasteiger partial charge in [-0.25, -0.2) is 0 Å². The third kappa shape index (κ3) is 3.92. The lowest BCUT2D eigenvalue weighted by Crippen LogP contribution is -2.33. The van der Waals surface area contributed by atoms with Crippen LogP contribution in [-0.4, -0.2) is 44.1 Å². The molecular weight excluding hydrogens is 223 g/mol. The molecule has 1 aromatic carbocycles. The minimum atomic E-state index is -1.60. The van der Waals surface area contributed by atoms with Crippen LogP contribution >= 0.6 is 0 Å². The molecule has 0 aliphatic carbocycles. The van der Waals surface area contributed by atoms with E-state index in [4.69, 9.17) is 14.2 Å². The van der Waals surface area contributed by atoms with E-state index < -0.39 is 7.12 Å². The van der Waals surface area contributed by atoms with Crippen molar-refractivity contribution in [3.05, 3.63) is 18.2 Å². The standard InChI is InChI=1S/C11H17BO5/c1-8(7-15-2)17-11-5-4-9(16-3)6-10(11)12(13)14/h4-6,8,13-14H,7H2,1-3H3. The van der Waals surface area contributed by atoms with Crippen LogP contribution in [0.15, 0.2) is 18.2 Å². The molecular formula is C11H17BO5. The van der Waals surface area contributed by atoms with Crippen LogP contribution in [0.4, 0.5) is 0 Å². The van der Waals surface area contributed by atoms with Gasteiger partial charge in [-0.1, -0.05) is 0 Å². The molecule has 6 heteroatoms. The van der Waals surface area contributed by atoms with Crippen LogP contribution in [0.1, 0.15) is 6.92 Å². The van der Waals surface area contributed by atoms with Gasteiger partial charge in [0.2, 0.25) is 0 Å². The average Bonchev–Trinajstić information content (AvgIpc) is 2.29. The largest absolute Gasteiger partial charge is 0.497 e. The van der Waals surface area contributed by atoms with Crippen LogP contribution in [0.25, 0.3) is 0 Å². The van der Waals surface area contributed by atoms with Crippen LogP contribution < -0.4 is 14.9 Å². The predicted molar refractivity (Wildman–Crippen MR) is 64.8 cm³/mol. The number of ether oxygens (including phenoxy) is 3. The number of hydrogen-bond acceptors (Lipinski definition) is 5. The Labute approximate surface area is 101 Å². The molecule has 1 unspecified atom stereocenters. The fraction of sp³-hybridized carbons (Fsp3) is 0.455. The lowest BCUT2D eigenvalue weighted by Gasteiger charge is -2.17. The highest BCUT2D eigenvalue weighted by atomic mass is 16.5. The summed E-state index contributed by atoms with van der Waals surface area (Å²) in [5.74, 6) is 0.949. The molecule has 0 spiro atoms. The predicted octanol–water partition coefficient (Wildman–Crippen LogP) is -0.211. The second-order valence-corrected chi connectivity index (χ2v) is 3.66. The normalized spacial score (nSPS) is 12.1. The van der Waals surface area contributed by atoms with Crippen molar-refractivity contribution in [1.29, 1.82) is 0 Å². The molecule has 0 aromatic heterocycles. The lowest BCUT2D eigenvalue weighted by molar-refractivity contribution is 0.0925. The molecule has 0 saturated heterocycles. The van der Waals surface area contributed by atoms with Crippen LogP contribution in [0.5, 0.6) is 11.5 Å². The van der Waals surface area contributed by atoms with Gasteiger partial charge in [-0.15, -0.1) is 0 Å². The summed E-state index contributed by atoms with van der Waals surface area (Å²) in [6.07, 6.45) is -0.175. The maximum Gasteiger partial charge on any atom is 0.492 e. The van der Waals surface area contributed by atoms with E-state index in [1.165, 1.54) is 13.2 Å². The van der Waals surface area contributed by atoms with Gasteiger partial charge in [0, 0.05) is 12.6 Å². The SMILES string of the molecule is COCC(C)Oc1ccc(OC)cc1B(O)O. The third-order valence-corrected chi connectivity index (χ3v) is 2.22. The molecule has 94 valence electrons. The Kier molecular flexibility index (Phi) is 5.28. The molecule has 0 saturated carbocycles. The van der Waals surface area contributed by atoms with Gasteiger partial charge < -0.3 is 24.3 Å². The second-order valence-electron chi connectivity index (χ2n) is 3.66. The highest BCUT2D eigenvalue weighted by Gasteiger charge is 2.19. The van der Waals surface area contributed by atoms with Crippen molar-refractivity contribution < 1.29 is 24.3 Å². The molecule has 0 bridgehead atoms. The van der Waals surface area contributed by atoms with Crippen LogP contribution in [-0.2, 0) is 4.74 Å². The minimum Gasteiger partial charge on any atom is -0.497 e. The third-order valence-electron chi connectivity index (χ3n) is 2.22. The van der Waals surface area contributed by atoms with Crippen molar-refractivity contribution in [3.63, 3.8) is 0 Å². The van der Waals surface area contributed by atoms with Gasteiger partial charge in [0.15, 0.2) is 0 Å². The summed E-state index contributed by atoms with van der Waals surface area (Å²) in [5, 5.41) is 18.5. The summed E-state index contributed by atoms with van der Waals surface area (Å²) in [4.78, 5) is 0. The molecule has 17 heavy (non-hydrogen) atoms. The molecule has 0 fully saturated rings. The molecule has 0 amide bonds. The first-order valence-electron chi connectivity index (χ1n) is 5.28. The Bertz CT molecular complexity index is 356. The zero-order valence-corrected chi connectivity index (χ0v) is 10.2. The number of benzene rings is 1. The maximum atomic E-state index is 9.26. The van der Waals surface area contributed by atoms with E-state index in [2.05, 4.69) is 0 Å². The summed E-state index contributed by atoms with van der Waals surface area (Å²) in [5.41, 5.74) is 0.271. The molecule has 1 atom stereocenters. The van der Waals surface area contributed by atoms with Crippen molar-refractivity contribution in [2.45, 2.75) is 13.0 Å². The second kappa shape index (κ2) is 6.49. The van der Waals surface area contributed by atoms with Crippen molar-refractivity contribution in [3.8, 4) is 11.5 Å². The van der Waals surface area contributed by atoms with Crippen LogP contribution in [0.3, 0.4) is 0 Å². The average molecular weight is 240 g/mol. The fourth-order valence-corrected chi connectivity index (χ4v) is 1.45. The van der Waals surface area contributed by atoms with Gasteiger partial charge in [-0.3, -0.25) is 0 Å². The topological polar surface area (TPSA) is 68.2 Å². The van der Waals surface area contributed by atoms with Crippen LogP contribution in [0, 0.1) is 0 Å². The van der Waals surface area contributed by atoms with Gasteiger partial charge in [0.1, 0.15) is 17.6 Å². The molecule has 0 heterocycles. The zero-order valence-electron chi connectivity index (χ0n) is 10.2. The molecule has 2 N–H and O–H groups in total. The van der Waals surface area contributed by atoms with Crippen molar-refractivity contribution in [1.82, 2.24) is 0 Å². The lowest BCUT2D eigenvalue weighted by atomic mass is 9.79. The molecule has 1 rings (SSSR count). The van der Waals surface area contributed by atoms with E-state index in [0.717, 1.165) is 0 Å². The quantitative estimate of drug-likeness (QED) is 0.673. The van der Waals surface area contributed by atoms with Gasteiger partial charge in [-0.2, -0.15) is 0 Å². The summed E-state index contributed by atoms with van der Waals surface area (Å²) in [6, 6.07) is 4.86. The first-order valence-corrected chi connectivity index (χ1v) is 5.28. The van der Waals surface area contributed by atoms with E-state index in [1.54, 1.807) is 19.2 Å². The van der Waals surface area contributed by atoms with Gasteiger partial charge >= 0.3 is 7.12 Å². The highest BCUT2D eigenvalue weighted by Crippen LogP contribution is 2.16. The zero-order chi connectivity index (χ0) is 12.8. The van der Waals surface area contributed by atoms with E-state index in [1.807, 2.05) is 6.92 Å². The van der Waals surface area contributed by atoms with Gasteiger partial charge in [0.05, 0.1) is 13.7 Å². The van der Waals surface area contributed by atoms with Crippen molar-refractivity contribution >= 4 is 12.6 Å². The molecule has 5 nitrogen and oxygen atoms in total. The van der Waals surface area contributed by atoms with E-state index >= 15 is 0 Å². The van der Waals surface area contributed by atoms with Crippen molar-refractivity contribution in [2.75, 3.05) is 20.8 Å². The maximum absolute atomic E-state index is 9.26. The Morgan fingerprint density at radius 3 is 2.53 bits per heavy atom. The van der Waals surface area contributed by atoms with E-state index in [-0.39, 0.29) is 11.6 Å². The fourth-order valence-electron chi connectivity index (χ4n) is 1.45. The molecule has 0 aliphatic rings. The summed E-state index contributed by atoms with van der Waals surface area (Å²) >= 11 is 0. The summed E-state index contributed by atoms with van der Waals surface area (Å²) in [7, 11) is 1.49. The smallest absolute Gasteiger partial charge is 0.492 e. The summed E-state index contributed by atoms with van der Waals surface area (Å²) < 4.78 is 15.5. The number of hydrogen-bond donors (Lipinski definition) is 2. The molecule has 0 radical (unpaired) electrons. The monoisotopic (exact) mass is 240 g/mol. The Balaban J connectivity index is 2.90. The summed E-state index contributed by atoms with van der Waals surface area (Å²) in [6.45, 7) is 2.26. The minimum absolute atomic E-state index is 0.175. The number of rotatable bonds is 6. The first kappa shape index (κ1) is 13.8. The van der Waals surface area contributed by atoms with E-state index in [0.29, 0.717) is 18.1 Å². The molecule has 1 aromatic rings. The Morgan fingerprint density at radius 1 is 1.29 bits per heavy atom. The first-order chi connectivity index (χ1) is 8.08. The number of methoxy groups -OCH3 is 2. The van der Waals surface area contributed by atoms with Gasteiger partial charge in [0.25, 0.3) is 0 Å². The van der Waals surface area contributed by atoms with Gasteiger partial charge in [-0.05, 0) is 25.1 Å². The molecule has 0 aliphatic heterocycles. The Morgan fingerprint density at radius 2 is 2.00 bits per heavy atom. The van der Waals surface area contributed by atoms with Crippen molar-refractivity contribution in [2.24, 2.45) is 0 Å². The van der Waals surface area contributed by atoms with E-state index in [9.17, 15) is 10.0 Å².